The Balaban J connectivity index is 2.29. The predicted molar refractivity (Wildman–Crippen MR) is 65.1 cm³/mol. The van der Waals surface area contributed by atoms with Crippen LogP contribution < -0.4 is 4.57 Å². The molecule has 0 saturated carbocycles. The van der Waals surface area contributed by atoms with E-state index < -0.39 is 0 Å². The van der Waals surface area contributed by atoms with E-state index in [4.69, 9.17) is 0 Å². The quantitative estimate of drug-likeness (QED) is 0.456. The number of hydrogen-bond donors (Lipinski definition) is 0. The van der Waals surface area contributed by atoms with Gasteiger partial charge in [-0.2, -0.15) is 18.6 Å². The highest BCUT2D eigenvalue weighted by Crippen LogP contribution is 2.35. The Morgan fingerprint density at radius 1 is 1.31 bits per heavy atom. The van der Waals surface area contributed by atoms with E-state index in [-0.39, 0.29) is 0 Å². The number of nitrogens with zero attached hydrogens (tertiary/aromatic N) is 1. The Morgan fingerprint density at radius 3 is 3.06 bits per heavy atom. The molecular weight excluding hydrogens is 194 g/mol. The van der Waals surface area contributed by atoms with Crippen LogP contribution in [0.3, 0.4) is 0 Å². The average Bonchev–Trinajstić information content (AvgIpc) is 2.36. The third-order valence-corrected chi connectivity index (χ3v) is 3.37. The van der Waals surface area contributed by atoms with E-state index in [2.05, 4.69) is 67.5 Å². The van der Waals surface area contributed by atoms with Crippen molar-refractivity contribution in [1.82, 2.24) is 0 Å². The molecule has 2 heterocycles. The van der Waals surface area contributed by atoms with Gasteiger partial charge in [-0.25, -0.2) is 5.57 Å². The molecule has 3 rings (SSSR count). The Morgan fingerprint density at radius 2 is 2.19 bits per heavy atom. The smallest absolute Gasteiger partial charge is 0.0955 e. The van der Waals surface area contributed by atoms with Crippen molar-refractivity contribution in [1.29, 1.82) is 0 Å². The predicted octanol–water partition coefficient (Wildman–Crippen LogP) is 2.86. The normalized spacial score (nSPS) is 17.6. The van der Waals surface area contributed by atoms with Crippen LogP contribution in [0.4, 0.5) is 0 Å². The van der Waals surface area contributed by atoms with Gasteiger partial charge in [0.2, 0.25) is 0 Å². The van der Waals surface area contributed by atoms with Crippen LogP contribution >= 0.6 is 0 Å². The van der Waals surface area contributed by atoms with Crippen molar-refractivity contribution in [2.75, 3.05) is 0 Å². The molecule has 0 saturated heterocycles. The van der Waals surface area contributed by atoms with Gasteiger partial charge in [0.05, 0.1) is 17.9 Å². The van der Waals surface area contributed by atoms with E-state index in [0.717, 1.165) is 0 Å². The molecule has 2 aliphatic rings. The largest absolute Gasteiger partial charge is 0.302 e. The molecule has 80 valence electrons. The third kappa shape index (κ3) is 1.15. The average molecular weight is 208 g/mol. The number of aromatic nitrogens is 1. The fourth-order valence-electron chi connectivity index (χ4n) is 2.36. The first kappa shape index (κ1) is 9.34. The number of rotatable bonds is 0. The van der Waals surface area contributed by atoms with Crippen LogP contribution in [-0.4, -0.2) is 0 Å². The standard InChI is InChI=1S/C15H14N/c1-11-12(2)16-10-6-5-9-15(16)14-8-4-3-7-13(11)14/h3-10H,1-2H3/q-1. The first-order valence-corrected chi connectivity index (χ1v) is 5.57. The van der Waals surface area contributed by atoms with Crippen molar-refractivity contribution in [2.45, 2.75) is 13.8 Å². The van der Waals surface area contributed by atoms with E-state index in [1.165, 1.54) is 28.5 Å². The number of pyridine rings is 1. The Kier molecular flexibility index (Phi) is 1.93. The molecule has 1 nitrogen and oxygen atoms in total. The van der Waals surface area contributed by atoms with Crippen molar-refractivity contribution >= 4 is 5.57 Å². The second kappa shape index (κ2) is 3.31. The molecule has 0 aromatic carbocycles. The molecule has 0 fully saturated rings. The SMILES string of the molecule is CC1=C2[CH-]C=CC=C2c2cccc[n+]2[C-]1C. The van der Waals surface area contributed by atoms with Crippen molar-refractivity contribution in [3.8, 4) is 0 Å². The summed E-state index contributed by atoms with van der Waals surface area (Å²) in [5.41, 5.74) is 5.32. The fraction of sp³-hybridized carbons (Fsp3) is 0.133. The van der Waals surface area contributed by atoms with Gasteiger partial charge in [0.15, 0.2) is 0 Å². The summed E-state index contributed by atoms with van der Waals surface area (Å²) < 4.78 is 2.26. The first-order valence-electron chi connectivity index (χ1n) is 5.57. The highest BCUT2D eigenvalue weighted by molar-refractivity contribution is 5.84. The van der Waals surface area contributed by atoms with Gasteiger partial charge in [-0.1, -0.05) is 13.0 Å². The summed E-state index contributed by atoms with van der Waals surface area (Å²) >= 11 is 0. The first-order chi connectivity index (χ1) is 7.79. The molecular formula is C15H14N-. The lowest BCUT2D eigenvalue weighted by Crippen LogP contribution is -2.45. The Hall–Kier alpha value is -1.89. The summed E-state index contributed by atoms with van der Waals surface area (Å²) in [4.78, 5) is 0. The highest BCUT2D eigenvalue weighted by Gasteiger charge is 2.19. The second-order valence-electron chi connectivity index (χ2n) is 4.21. The summed E-state index contributed by atoms with van der Waals surface area (Å²) in [5, 5.41) is 0. The minimum absolute atomic E-state index is 1.28. The van der Waals surface area contributed by atoms with Crippen LogP contribution in [0.15, 0.2) is 53.8 Å². The molecule has 0 amide bonds. The van der Waals surface area contributed by atoms with Crippen molar-refractivity contribution in [3.05, 3.63) is 71.9 Å². The van der Waals surface area contributed by atoms with E-state index in [9.17, 15) is 0 Å². The van der Waals surface area contributed by atoms with Crippen molar-refractivity contribution in [3.63, 3.8) is 0 Å². The van der Waals surface area contributed by atoms with E-state index >= 15 is 0 Å². The van der Waals surface area contributed by atoms with Gasteiger partial charge in [0.25, 0.3) is 0 Å². The monoisotopic (exact) mass is 208 g/mol. The lowest BCUT2D eigenvalue weighted by atomic mass is 9.85. The van der Waals surface area contributed by atoms with Crippen LogP contribution in [0.1, 0.15) is 19.5 Å². The van der Waals surface area contributed by atoms with E-state index in [1.807, 2.05) is 0 Å². The molecule has 1 aliphatic heterocycles. The van der Waals surface area contributed by atoms with Crippen LogP contribution in [0.25, 0.3) is 5.57 Å². The number of allylic oxidation sites excluding steroid dienone is 6. The minimum Gasteiger partial charge on any atom is -0.302 e. The summed E-state index contributed by atoms with van der Waals surface area (Å²) in [6.07, 6.45) is 10.7. The van der Waals surface area contributed by atoms with Crippen LogP contribution in [0.5, 0.6) is 0 Å². The van der Waals surface area contributed by atoms with Crippen LogP contribution in [0.2, 0.25) is 0 Å². The van der Waals surface area contributed by atoms with Crippen molar-refractivity contribution in [2.24, 2.45) is 0 Å². The summed E-state index contributed by atoms with van der Waals surface area (Å²) in [6.45, 7) is 4.37. The molecule has 0 atom stereocenters. The Labute approximate surface area is 96.4 Å². The molecule has 16 heavy (non-hydrogen) atoms. The topological polar surface area (TPSA) is 3.88 Å². The molecule has 0 radical (unpaired) electrons. The minimum atomic E-state index is 1.28. The van der Waals surface area contributed by atoms with Crippen molar-refractivity contribution < 1.29 is 4.57 Å². The van der Waals surface area contributed by atoms with Gasteiger partial charge in [-0.05, 0) is 19.1 Å². The van der Waals surface area contributed by atoms with E-state index in [0.29, 0.717) is 0 Å². The lowest BCUT2D eigenvalue weighted by molar-refractivity contribution is -0.654. The molecule has 1 aromatic heterocycles. The third-order valence-electron chi connectivity index (χ3n) is 3.37. The molecule has 0 unspecified atom stereocenters. The lowest BCUT2D eigenvalue weighted by Gasteiger charge is -2.37. The summed E-state index contributed by atoms with van der Waals surface area (Å²) in [7, 11) is 0. The van der Waals surface area contributed by atoms with Gasteiger partial charge in [-0.3, -0.25) is 0 Å². The van der Waals surface area contributed by atoms with Crippen LogP contribution in [0, 0.1) is 12.5 Å². The maximum atomic E-state index is 2.26. The zero-order chi connectivity index (χ0) is 11.1. The van der Waals surface area contributed by atoms with Crippen LogP contribution in [-0.2, 0) is 0 Å². The molecule has 1 aliphatic carbocycles. The van der Waals surface area contributed by atoms with E-state index in [1.54, 1.807) is 0 Å². The zero-order valence-electron chi connectivity index (χ0n) is 9.57. The fourth-order valence-corrected chi connectivity index (χ4v) is 2.36. The van der Waals surface area contributed by atoms with Gasteiger partial charge >= 0.3 is 0 Å². The highest BCUT2D eigenvalue weighted by atomic mass is 15.0. The molecule has 1 aromatic rings. The Bertz CT molecular complexity index is 532. The maximum absolute atomic E-state index is 2.26. The van der Waals surface area contributed by atoms with Gasteiger partial charge in [0, 0.05) is 0 Å². The maximum Gasteiger partial charge on any atom is 0.0955 e. The van der Waals surface area contributed by atoms with Gasteiger partial charge in [0.1, 0.15) is 0 Å². The summed E-state index contributed by atoms with van der Waals surface area (Å²) in [6, 6.07) is 7.66. The second-order valence-corrected chi connectivity index (χ2v) is 4.21. The van der Waals surface area contributed by atoms with Gasteiger partial charge < -0.3 is 4.57 Å². The molecule has 1 heteroatoms. The molecule has 0 bridgehead atoms. The number of hydrogen-bond acceptors (Lipinski definition) is 0. The summed E-state index contributed by atoms with van der Waals surface area (Å²) in [5.74, 6) is 0. The van der Waals surface area contributed by atoms with Gasteiger partial charge in [-0.15, -0.1) is 17.2 Å². The zero-order valence-corrected chi connectivity index (χ0v) is 9.57. The number of fused-ring (bicyclic) bond motifs is 3. The molecule has 0 spiro atoms. The molecule has 0 N–H and O–H groups in total.